The SMILES string of the molecule is CC(=O)O[C@H]1CC[C@@]2(C)[C@@H](CC[C@@H]3[C@@H]2CC(=O)[C@]2(C)[C@H]4[C@@H](C[C@@H]32)O[C@]2(CC[C@@H](C)CO2)[C@H]4C)C1. The van der Waals surface area contributed by atoms with Gasteiger partial charge in [-0.2, -0.15) is 0 Å². The summed E-state index contributed by atoms with van der Waals surface area (Å²) in [4.78, 5) is 25.7. The predicted octanol–water partition coefficient (Wildman–Crippen LogP) is 5.54. The van der Waals surface area contributed by atoms with Crippen molar-refractivity contribution < 1.29 is 23.8 Å². The number of rotatable bonds is 1. The first-order valence-electron chi connectivity index (χ1n) is 14.1. The molecule has 0 aromatic rings. The summed E-state index contributed by atoms with van der Waals surface area (Å²) in [5, 5.41) is 0. The van der Waals surface area contributed by atoms with E-state index in [2.05, 4.69) is 27.7 Å². The first kappa shape index (κ1) is 23.5. The lowest BCUT2D eigenvalue weighted by atomic mass is 9.44. The van der Waals surface area contributed by atoms with Crippen LogP contribution in [0.3, 0.4) is 0 Å². The van der Waals surface area contributed by atoms with E-state index in [0.717, 1.165) is 51.6 Å². The molecule has 2 aliphatic heterocycles. The van der Waals surface area contributed by atoms with E-state index in [1.54, 1.807) is 0 Å². The minimum Gasteiger partial charge on any atom is -0.463 e. The monoisotopic (exact) mass is 472 g/mol. The first-order chi connectivity index (χ1) is 16.1. The van der Waals surface area contributed by atoms with Crippen molar-refractivity contribution >= 4 is 11.8 Å². The second-order valence-corrected chi connectivity index (χ2v) is 13.5. The fraction of sp³-hybridized carbons (Fsp3) is 0.931. The lowest BCUT2D eigenvalue weighted by Gasteiger charge is -2.60. The highest BCUT2D eigenvalue weighted by atomic mass is 16.7. The Balaban J connectivity index is 1.25. The van der Waals surface area contributed by atoms with E-state index in [0.29, 0.717) is 35.4 Å². The van der Waals surface area contributed by atoms with Crippen molar-refractivity contribution in [3.63, 3.8) is 0 Å². The van der Waals surface area contributed by atoms with Crippen LogP contribution >= 0.6 is 0 Å². The molecule has 0 amide bonds. The Labute approximate surface area is 205 Å². The summed E-state index contributed by atoms with van der Waals surface area (Å²) >= 11 is 0. The van der Waals surface area contributed by atoms with Gasteiger partial charge in [0, 0.05) is 37.0 Å². The molecule has 4 saturated carbocycles. The number of ketones is 1. The van der Waals surface area contributed by atoms with Gasteiger partial charge in [-0.25, -0.2) is 0 Å². The van der Waals surface area contributed by atoms with Crippen LogP contribution in [0.1, 0.15) is 92.4 Å². The third kappa shape index (κ3) is 3.11. The molecule has 2 saturated heterocycles. The normalized spacial score (nSPS) is 56.4. The lowest BCUT2D eigenvalue weighted by Crippen LogP contribution is -2.58. The Hall–Kier alpha value is -0.940. The van der Waals surface area contributed by atoms with Crippen LogP contribution in [-0.4, -0.2) is 36.4 Å². The van der Waals surface area contributed by atoms with Crippen LogP contribution in [0.4, 0.5) is 0 Å². The molecule has 190 valence electrons. The first-order valence-corrected chi connectivity index (χ1v) is 14.1. The molecule has 4 aliphatic carbocycles. The number of carbonyl (C=O) groups excluding carboxylic acids is 2. The van der Waals surface area contributed by atoms with Gasteiger partial charge >= 0.3 is 5.97 Å². The van der Waals surface area contributed by atoms with E-state index in [-0.39, 0.29) is 40.8 Å². The molecule has 12 atom stereocenters. The zero-order chi connectivity index (χ0) is 24.0. The quantitative estimate of drug-likeness (QED) is 0.469. The molecule has 6 rings (SSSR count). The Kier molecular flexibility index (Phi) is 5.37. The minimum absolute atomic E-state index is 0.0613. The summed E-state index contributed by atoms with van der Waals surface area (Å²) in [5.74, 6) is 3.07. The third-order valence-corrected chi connectivity index (χ3v) is 12.1. The van der Waals surface area contributed by atoms with Crippen LogP contribution in [0, 0.1) is 52.3 Å². The molecule has 1 spiro atoms. The Morgan fingerprint density at radius 3 is 2.53 bits per heavy atom. The van der Waals surface area contributed by atoms with E-state index < -0.39 is 5.79 Å². The fourth-order valence-electron chi connectivity index (χ4n) is 10.3. The summed E-state index contributed by atoms with van der Waals surface area (Å²) in [6, 6.07) is 0. The van der Waals surface area contributed by atoms with E-state index in [1.165, 1.54) is 19.8 Å². The van der Waals surface area contributed by atoms with E-state index in [1.807, 2.05) is 0 Å². The highest BCUT2D eigenvalue weighted by molar-refractivity contribution is 5.87. The van der Waals surface area contributed by atoms with Gasteiger partial charge in [0.25, 0.3) is 0 Å². The van der Waals surface area contributed by atoms with Crippen LogP contribution in [0.5, 0.6) is 0 Å². The van der Waals surface area contributed by atoms with Gasteiger partial charge in [-0.3, -0.25) is 9.59 Å². The zero-order valence-corrected chi connectivity index (χ0v) is 21.8. The fourth-order valence-corrected chi connectivity index (χ4v) is 10.3. The predicted molar refractivity (Wildman–Crippen MR) is 128 cm³/mol. The Bertz CT molecular complexity index is 861. The molecule has 6 fully saturated rings. The molecule has 0 unspecified atom stereocenters. The van der Waals surface area contributed by atoms with Crippen LogP contribution in [0.2, 0.25) is 0 Å². The van der Waals surface area contributed by atoms with Crippen LogP contribution < -0.4 is 0 Å². The number of esters is 1. The Morgan fingerprint density at radius 2 is 1.82 bits per heavy atom. The van der Waals surface area contributed by atoms with Gasteiger partial charge in [0.1, 0.15) is 11.9 Å². The van der Waals surface area contributed by atoms with Crippen LogP contribution in [-0.2, 0) is 23.8 Å². The number of fused-ring (bicyclic) bond motifs is 7. The highest BCUT2D eigenvalue weighted by Crippen LogP contribution is 2.70. The highest BCUT2D eigenvalue weighted by Gasteiger charge is 2.71. The van der Waals surface area contributed by atoms with E-state index in [9.17, 15) is 9.59 Å². The maximum absolute atomic E-state index is 14.1. The zero-order valence-electron chi connectivity index (χ0n) is 21.8. The average molecular weight is 473 g/mol. The van der Waals surface area contributed by atoms with Gasteiger partial charge in [-0.05, 0) is 80.0 Å². The van der Waals surface area contributed by atoms with Gasteiger partial charge in [-0.15, -0.1) is 0 Å². The smallest absolute Gasteiger partial charge is 0.302 e. The summed E-state index contributed by atoms with van der Waals surface area (Å²) in [6.07, 6.45) is 9.47. The molecule has 34 heavy (non-hydrogen) atoms. The molecule has 5 nitrogen and oxygen atoms in total. The summed E-state index contributed by atoms with van der Waals surface area (Å²) in [7, 11) is 0. The molecule has 2 heterocycles. The number of Topliss-reactive ketones (excluding diaryl/α,β-unsaturated/α-hetero) is 1. The molecular formula is C29H44O5. The molecule has 5 heteroatoms. The van der Waals surface area contributed by atoms with Gasteiger partial charge in [0.2, 0.25) is 0 Å². The van der Waals surface area contributed by atoms with Gasteiger partial charge in [0.15, 0.2) is 5.79 Å². The van der Waals surface area contributed by atoms with Gasteiger partial charge in [0.05, 0.1) is 12.7 Å². The van der Waals surface area contributed by atoms with Crippen molar-refractivity contribution in [2.75, 3.05) is 6.61 Å². The maximum Gasteiger partial charge on any atom is 0.302 e. The van der Waals surface area contributed by atoms with Crippen molar-refractivity contribution in [1.29, 1.82) is 0 Å². The molecule has 0 radical (unpaired) electrons. The minimum atomic E-state index is -0.467. The summed E-state index contributed by atoms with van der Waals surface area (Å²) in [5.41, 5.74) is -0.0934. The van der Waals surface area contributed by atoms with Crippen LogP contribution in [0.15, 0.2) is 0 Å². The van der Waals surface area contributed by atoms with Crippen LogP contribution in [0.25, 0.3) is 0 Å². The number of hydrogen-bond donors (Lipinski definition) is 0. The molecule has 0 aromatic heterocycles. The van der Waals surface area contributed by atoms with Crippen molar-refractivity contribution in [3.8, 4) is 0 Å². The Morgan fingerprint density at radius 1 is 1.03 bits per heavy atom. The molecule has 0 aromatic carbocycles. The lowest BCUT2D eigenvalue weighted by molar-refractivity contribution is -0.272. The third-order valence-electron chi connectivity index (χ3n) is 12.1. The summed E-state index contributed by atoms with van der Waals surface area (Å²) < 4.78 is 18.8. The summed E-state index contributed by atoms with van der Waals surface area (Å²) in [6.45, 7) is 11.6. The molecular weight excluding hydrogens is 428 g/mol. The van der Waals surface area contributed by atoms with E-state index >= 15 is 0 Å². The van der Waals surface area contributed by atoms with Gasteiger partial charge < -0.3 is 14.2 Å². The maximum atomic E-state index is 14.1. The largest absolute Gasteiger partial charge is 0.463 e. The van der Waals surface area contributed by atoms with Crippen molar-refractivity contribution in [3.05, 3.63) is 0 Å². The second kappa shape index (κ2) is 7.78. The average Bonchev–Trinajstić information content (AvgIpc) is 3.23. The molecule has 0 N–H and O–H groups in total. The number of carbonyl (C=O) groups is 2. The number of ether oxygens (including phenoxy) is 3. The molecule has 6 aliphatic rings. The standard InChI is InChI=1S/C29H44O5/c1-16-8-11-29(32-15-16)17(2)26-24(34-29)13-23-21-7-6-19-12-20(33-18(3)30)9-10-27(19,4)22(21)14-25(31)28(23,26)5/h16-17,19-24,26H,6-15H2,1-5H3/t16-,17+,19+,20+,21-,22+,23+,24-,26-,27+,28-,29-/m1/s1. The second-order valence-electron chi connectivity index (χ2n) is 13.5. The topological polar surface area (TPSA) is 61.8 Å². The van der Waals surface area contributed by atoms with E-state index in [4.69, 9.17) is 14.2 Å². The van der Waals surface area contributed by atoms with Crippen molar-refractivity contribution in [2.45, 2.75) is 110 Å². The van der Waals surface area contributed by atoms with Crippen molar-refractivity contribution in [1.82, 2.24) is 0 Å². The van der Waals surface area contributed by atoms with Gasteiger partial charge in [-0.1, -0.05) is 27.7 Å². The number of hydrogen-bond acceptors (Lipinski definition) is 5. The van der Waals surface area contributed by atoms with Crippen molar-refractivity contribution in [2.24, 2.45) is 52.3 Å². The molecule has 0 bridgehead atoms.